The number of hydrogen-bond donors (Lipinski definition) is 1. The van der Waals surface area contributed by atoms with Gasteiger partial charge >= 0.3 is 0 Å². The largest absolute Gasteiger partial charge is 0.354 e. The van der Waals surface area contributed by atoms with Gasteiger partial charge in [-0.2, -0.15) is 5.26 Å². The standard InChI is InChI=1S/C13H18N4/c1-9-6-10(2)16-13(12(9)7-14)17-5-4-11(8-17)15-3/h6,11,15H,4-5,8H2,1-3H3. The number of rotatable bonds is 2. The summed E-state index contributed by atoms with van der Waals surface area (Å²) in [6, 6.07) is 4.75. The summed E-state index contributed by atoms with van der Waals surface area (Å²) in [5.41, 5.74) is 2.71. The molecular formula is C13H18N4. The van der Waals surface area contributed by atoms with E-state index in [0.29, 0.717) is 11.6 Å². The Kier molecular flexibility index (Phi) is 3.30. The molecule has 0 bridgehead atoms. The molecule has 1 unspecified atom stereocenters. The Labute approximate surface area is 102 Å². The maximum atomic E-state index is 9.24. The normalized spacial score (nSPS) is 19.4. The molecule has 1 aromatic heterocycles. The Morgan fingerprint density at radius 1 is 1.53 bits per heavy atom. The minimum atomic E-state index is 0.504. The lowest BCUT2D eigenvalue weighted by Crippen LogP contribution is -2.30. The van der Waals surface area contributed by atoms with Crippen molar-refractivity contribution >= 4 is 5.82 Å². The molecule has 0 saturated carbocycles. The van der Waals surface area contributed by atoms with Crippen molar-refractivity contribution in [1.29, 1.82) is 5.26 Å². The van der Waals surface area contributed by atoms with Crippen molar-refractivity contribution in [2.75, 3.05) is 25.0 Å². The average molecular weight is 230 g/mol. The third-order valence-electron chi connectivity index (χ3n) is 3.33. The first kappa shape index (κ1) is 11.9. The molecule has 0 spiro atoms. The highest BCUT2D eigenvalue weighted by molar-refractivity contribution is 5.58. The SMILES string of the molecule is CNC1CCN(c2nc(C)cc(C)c2C#N)C1. The van der Waals surface area contributed by atoms with E-state index < -0.39 is 0 Å². The van der Waals surface area contributed by atoms with Crippen LogP contribution in [0.25, 0.3) is 0 Å². The number of nitrogens with zero attached hydrogens (tertiary/aromatic N) is 3. The van der Waals surface area contributed by atoms with E-state index in [4.69, 9.17) is 0 Å². The summed E-state index contributed by atoms with van der Waals surface area (Å²) in [6.45, 7) is 5.85. The van der Waals surface area contributed by atoms with Gasteiger partial charge in [-0.15, -0.1) is 0 Å². The van der Waals surface area contributed by atoms with E-state index in [-0.39, 0.29) is 0 Å². The zero-order valence-corrected chi connectivity index (χ0v) is 10.6. The molecule has 0 amide bonds. The molecular weight excluding hydrogens is 212 g/mol. The number of aryl methyl sites for hydroxylation is 2. The zero-order chi connectivity index (χ0) is 12.4. The summed E-state index contributed by atoms with van der Waals surface area (Å²) in [5.74, 6) is 0.850. The molecule has 4 nitrogen and oxygen atoms in total. The van der Waals surface area contributed by atoms with Crippen LogP contribution in [0.15, 0.2) is 6.07 Å². The molecule has 1 atom stereocenters. The highest BCUT2D eigenvalue weighted by atomic mass is 15.2. The number of pyridine rings is 1. The van der Waals surface area contributed by atoms with Crippen LogP contribution >= 0.6 is 0 Å². The molecule has 1 saturated heterocycles. The van der Waals surface area contributed by atoms with Crippen LogP contribution < -0.4 is 10.2 Å². The van der Waals surface area contributed by atoms with E-state index in [2.05, 4.69) is 21.3 Å². The predicted molar refractivity (Wildman–Crippen MR) is 68.1 cm³/mol. The van der Waals surface area contributed by atoms with Gasteiger partial charge in [0.25, 0.3) is 0 Å². The first-order valence-corrected chi connectivity index (χ1v) is 5.96. The fourth-order valence-electron chi connectivity index (χ4n) is 2.37. The second-order valence-corrected chi connectivity index (χ2v) is 4.61. The minimum Gasteiger partial charge on any atom is -0.354 e. The van der Waals surface area contributed by atoms with E-state index in [9.17, 15) is 5.26 Å². The van der Waals surface area contributed by atoms with Gasteiger partial charge in [0.15, 0.2) is 0 Å². The maximum absolute atomic E-state index is 9.24. The second-order valence-electron chi connectivity index (χ2n) is 4.61. The van der Waals surface area contributed by atoms with Gasteiger partial charge in [0.05, 0.1) is 5.56 Å². The number of hydrogen-bond acceptors (Lipinski definition) is 4. The molecule has 90 valence electrons. The Balaban J connectivity index is 2.36. The Morgan fingerprint density at radius 3 is 2.88 bits per heavy atom. The summed E-state index contributed by atoms with van der Waals surface area (Å²) < 4.78 is 0. The fraction of sp³-hybridized carbons (Fsp3) is 0.538. The number of likely N-dealkylation sites (N-methyl/N-ethyl adjacent to an activating group) is 1. The third kappa shape index (κ3) is 2.25. The predicted octanol–water partition coefficient (Wildman–Crippen LogP) is 1.37. The molecule has 2 rings (SSSR count). The lowest BCUT2D eigenvalue weighted by atomic mass is 10.1. The summed E-state index contributed by atoms with van der Waals surface area (Å²) in [7, 11) is 1.98. The molecule has 1 aliphatic rings. The van der Waals surface area contributed by atoms with Crippen molar-refractivity contribution < 1.29 is 0 Å². The topological polar surface area (TPSA) is 52.0 Å². The number of nitrogens with one attached hydrogen (secondary N) is 1. The first-order chi connectivity index (χ1) is 8.15. The second kappa shape index (κ2) is 4.72. The van der Waals surface area contributed by atoms with Gasteiger partial charge in [-0.25, -0.2) is 4.98 Å². The molecule has 0 aromatic carbocycles. The molecule has 1 aromatic rings. The summed E-state index contributed by atoms with van der Waals surface area (Å²) in [4.78, 5) is 6.74. The molecule has 1 aliphatic heterocycles. The van der Waals surface area contributed by atoms with E-state index >= 15 is 0 Å². The van der Waals surface area contributed by atoms with E-state index in [1.54, 1.807) is 0 Å². The van der Waals surface area contributed by atoms with Gasteiger partial charge in [-0.05, 0) is 38.9 Å². The smallest absolute Gasteiger partial charge is 0.147 e. The quantitative estimate of drug-likeness (QED) is 0.833. The van der Waals surface area contributed by atoms with Gasteiger partial charge in [0.1, 0.15) is 11.9 Å². The van der Waals surface area contributed by atoms with E-state index in [1.165, 1.54) is 0 Å². The van der Waals surface area contributed by atoms with Gasteiger partial charge < -0.3 is 10.2 Å². The minimum absolute atomic E-state index is 0.504. The van der Waals surface area contributed by atoms with Crippen molar-refractivity contribution in [3.05, 3.63) is 22.9 Å². The van der Waals surface area contributed by atoms with E-state index in [1.807, 2.05) is 27.0 Å². The molecule has 2 heterocycles. The first-order valence-electron chi connectivity index (χ1n) is 5.96. The van der Waals surface area contributed by atoms with Crippen molar-refractivity contribution in [2.45, 2.75) is 26.3 Å². The van der Waals surface area contributed by atoms with E-state index in [0.717, 1.165) is 36.6 Å². The van der Waals surface area contributed by atoms with Gasteiger partial charge in [-0.3, -0.25) is 0 Å². The van der Waals surface area contributed by atoms with Gasteiger partial charge in [0, 0.05) is 24.8 Å². The summed E-state index contributed by atoms with van der Waals surface area (Å²) in [6.07, 6.45) is 1.11. The monoisotopic (exact) mass is 230 g/mol. The zero-order valence-electron chi connectivity index (χ0n) is 10.6. The van der Waals surface area contributed by atoms with Crippen molar-refractivity contribution in [2.24, 2.45) is 0 Å². The van der Waals surface area contributed by atoms with Crippen LogP contribution in [0.2, 0.25) is 0 Å². The van der Waals surface area contributed by atoms with Crippen LogP contribution in [0, 0.1) is 25.2 Å². The molecule has 4 heteroatoms. The van der Waals surface area contributed by atoms with Crippen LogP contribution in [0.4, 0.5) is 5.82 Å². The Hall–Kier alpha value is -1.60. The highest BCUT2D eigenvalue weighted by Gasteiger charge is 2.24. The lowest BCUT2D eigenvalue weighted by molar-refractivity contribution is 0.616. The molecule has 17 heavy (non-hydrogen) atoms. The lowest BCUT2D eigenvalue weighted by Gasteiger charge is -2.20. The molecule has 0 aliphatic carbocycles. The van der Waals surface area contributed by atoms with Gasteiger partial charge in [0.2, 0.25) is 0 Å². The van der Waals surface area contributed by atoms with Gasteiger partial charge in [-0.1, -0.05) is 0 Å². The number of aromatic nitrogens is 1. The summed E-state index contributed by atoms with van der Waals surface area (Å²) >= 11 is 0. The Bertz CT molecular complexity index is 461. The molecule has 1 fully saturated rings. The summed E-state index contributed by atoms with van der Waals surface area (Å²) in [5, 5.41) is 12.5. The van der Waals surface area contributed by atoms with Crippen LogP contribution in [-0.2, 0) is 0 Å². The number of anilines is 1. The van der Waals surface area contributed by atoms with Crippen molar-refractivity contribution in [3.63, 3.8) is 0 Å². The average Bonchev–Trinajstić information content (AvgIpc) is 2.76. The third-order valence-corrected chi connectivity index (χ3v) is 3.33. The van der Waals surface area contributed by atoms with Crippen LogP contribution in [0.5, 0.6) is 0 Å². The van der Waals surface area contributed by atoms with Crippen LogP contribution in [-0.4, -0.2) is 31.2 Å². The van der Waals surface area contributed by atoms with Crippen LogP contribution in [0.1, 0.15) is 23.2 Å². The Morgan fingerprint density at radius 2 is 2.29 bits per heavy atom. The fourth-order valence-corrected chi connectivity index (χ4v) is 2.37. The molecule has 1 N–H and O–H groups in total. The van der Waals surface area contributed by atoms with Crippen LogP contribution in [0.3, 0.4) is 0 Å². The number of nitriles is 1. The highest BCUT2D eigenvalue weighted by Crippen LogP contribution is 2.25. The van der Waals surface area contributed by atoms with Crippen molar-refractivity contribution in [3.8, 4) is 6.07 Å². The maximum Gasteiger partial charge on any atom is 0.147 e. The molecule has 0 radical (unpaired) electrons. The van der Waals surface area contributed by atoms with Crippen molar-refractivity contribution in [1.82, 2.24) is 10.3 Å².